The molecule has 4 aromatic rings. The predicted molar refractivity (Wildman–Crippen MR) is 173 cm³/mol. The van der Waals surface area contributed by atoms with E-state index in [1.54, 1.807) is 0 Å². The number of rotatable bonds is 10. The van der Waals surface area contributed by atoms with Gasteiger partial charge in [0.1, 0.15) is 42.3 Å². The van der Waals surface area contributed by atoms with Crippen LogP contribution < -0.4 is 11.1 Å². The largest absolute Gasteiger partial charge is 0.505 e. The number of aromatic hydroxyl groups is 1. The minimum atomic E-state index is -5.46. The van der Waals surface area contributed by atoms with Crippen LogP contribution in [0.1, 0.15) is 6.92 Å². The molecule has 4 rings (SSSR count). The number of phenols is 1. The molecule has 0 fully saturated rings. The summed E-state index contributed by atoms with van der Waals surface area (Å²) >= 11 is 0. The highest BCUT2D eigenvalue weighted by atomic mass is 32.2. The first kappa shape index (κ1) is 38.8. The molecule has 0 atom stereocenters. The fourth-order valence-corrected chi connectivity index (χ4v) is 7.51. The van der Waals surface area contributed by atoms with Gasteiger partial charge in [-0.3, -0.25) is 23.0 Å². The van der Waals surface area contributed by atoms with E-state index >= 15 is 0 Å². The Kier molecular flexibility index (Phi) is 10.4. The second kappa shape index (κ2) is 13.6. The van der Waals surface area contributed by atoms with Gasteiger partial charge in [-0.25, -0.2) is 8.42 Å². The third-order valence-corrected chi connectivity index (χ3v) is 10.6. The Bertz CT molecular complexity index is 2700. The van der Waals surface area contributed by atoms with Gasteiger partial charge in [-0.1, -0.05) is 0 Å². The molecule has 0 aliphatic heterocycles. The summed E-state index contributed by atoms with van der Waals surface area (Å²) in [6.07, 6.45) is 0. The Morgan fingerprint density at radius 2 is 1.14 bits per heavy atom. The number of phenolic OH excluding ortho intramolecular Hbond substituents is 1. The molecule has 0 aromatic heterocycles. The molecule has 0 saturated carbocycles. The summed E-state index contributed by atoms with van der Waals surface area (Å²) in [7, 11) is -24.8. The lowest BCUT2D eigenvalue weighted by Gasteiger charge is -2.13. The molecule has 0 radical (unpaired) electrons. The molecule has 0 spiro atoms. The number of carbonyl (C=O) groups is 1. The number of carbonyl (C=O) groups excluding carboxylic acids is 1. The van der Waals surface area contributed by atoms with Crippen LogP contribution in [0.15, 0.2) is 93.5 Å². The van der Waals surface area contributed by atoms with Crippen LogP contribution in [0, 0.1) is 0 Å². The number of nitrogen functional groups attached to an aromatic ring is 1. The molecule has 1 amide bonds. The maximum atomic E-state index is 12.5. The summed E-state index contributed by atoms with van der Waals surface area (Å²) in [6.45, 7) is 0.947. The maximum Gasteiger partial charge on any atom is 0.296 e. The highest BCUT2D eigenvalue weighted by Gasteiger charge is 2.29. The number of nitrogens with two attached hydrogens (primary N) is 1. The lowest BCUT2D eigenvalue weighted by atomic mass is 10.1. The summed E-state index contributed by atoms with van der Waals surface area (Å²) in [6, 6.07) is 6.03. The van der Waals surface area contributed by atoms with Crippen LogP contribution in [0.4, 0.5) is 34.1 Å². The summed E-state index contributed by atoms with van der Waals surface area (Å²) in [5, 5.41) is 26.5. The van der Waals surface area contributed by atoms with Gasteiger partial charge in [-0.2, -0.15) is 33.7 Å². The van der Waals surface area contributed by atoms with Gasteiger partial charge < -0.3 is 16.2 Å². The quantitative estimate of drug-likeness (QED) is 0.0494. The molecule has 0 saturated heterocycles. The Labute approximate surface area is 288 Å². The van der Waals surface area contributed by atoms with E-state index in [9.17, 15) is 70.2 Å². The number of amides is 1. The lowest BCUT2D eigenvalue weighted by Crippen LogP contribution is -2.10. The first-order chi connectivity index (χ1) is 23.3. The van der Waals surface area contributed by atoms with E-state index in [0.29, 0.717) is 24.3 Å². The fraction of sp³-hybridized carbons (Fsp3) is 0.0417. The van der Waals surface area contributed by atoms with E-state index in [-0.39, 0.29) is 5.69 Å². The standard InChI is InChI=1S/C24H20N6O16S5/c1-10(31)26-11-6-18(49(38,39)40)22(19(7-11)50(41,42)43)29-30-23-20(51(44,45)46)9-14-13(24(23)32)3-4-15(25)21(14)28-27-16-5-2-12(47(33)34)8-17(16)48(35,36)37/h2-9,32,47H,25H2,1H3,(H,26,31)(H,35,36,37)(H,38,39,40)(H,41,42,43)(H,44,45,46). The van der Waals surface area contributed by atoms with Crippen LogP contribution in [0.25, 0.3) is 10.8 Å². The Hall–Kier alpha value is -5.00. The molecule has 0 heterocycles. The average molecular weight is 809 g/mol. The van der Waals surface area contributed by atoms with Crippen molar-refractivity contribution >= 4 is 102 Å². The Morgan fingerprint density at radius 3 is 1.63 bits per heavy atom. The number of nitrogens with zero attached hydrogens (tertiary/aromatic N) is 4. The summed E-state index contributed by atoms with van der Waals surface area (Å²) in [5.74, 6) is -2.02. The number of thiol groups is 1. The van der Waals surface area contributed by atoms with Gasteiger partial charge in [-0.15, -0.1) is 20.5 Å². The highest BCUT2D eigenvalue weighted by molar-refractivity contribution is 7.87. The zero-order valence-corrected chi connectivity index (χ0v) is 29.0. The van der Waals surface area contributed by atoms with Crippen molar-refractivity contribution in [1.82, 2.24) is 0 Å². The van der Waals surface area contributed by atoms with Crippen molar-refractivity contribution < 1.29 is 70.2 Å². The smallest absolute Gasteiger partial charge is 0.296 e. The van der Waals surface area contributed by atoms with Crippen molar-refractivity contribution in [2.45, 2.75) is 31.4 Å². The minimum absolute atomic E-state index is 0.316. The van der Waals surface area contributed by atoms with E-state index in [1.807, 2.05) is 5.32 Å². The molecule has 51 heavy (non-hydrogen) atoms. The van der Waals surface area contributed by atoms with E-state index in [0.717, 1.165) is 31.2 Å². The van der Waals surface area contributed by atoms with Gasteiger partial charge in [0.25, 0.3) is 40.5 Å². The van der Waals surface area contributed by atoms with Gasteiger partial charge in [-0.05, 0) is 48.5 Å². The van der Waals surface area contributed by atoms with Gasteiger partial charge in [0, 0.05) is 23.4 Å². The second-order valence-electron chi connectivity index (χ2n) is 9.88. The molecule has 0 unspecified atom stereocenters. The molecular weight excluding hydrogens is 789 g/mol. The number of azo groups is 2. The lowest BCUT2D eigenvalue weighted by molar-refractivity contribution is -0.114. The van der Waals surface area contributed by atoms with E-state index in [4.69, 9.17) is 5.73 Å². The number of hydrogen-bond donors (Lipinski definition) is 8. The first-order valence-corrected chi connectivity index (χ1v) is 19.8. The number of nitrogens with one attached hydrogen (secondary N) is 1. The van der Waals surface area contributed by atoms with Crippen molar-refractivity contribution in [2.75, 3.05) is 11.1 Å². The number of benzene rings is 4. The predicted octanol–water partition coefficient (Wildman–Crippen LogP) is 2.87. The summed E-state index contributed by atoms with van der Waals surface area (Å²) < 4.78 is 159. The Morgan fingerprint density at radius 1 is 0.647 bits per heavy atom. The molecular formula is C24H20N6O16S5. The van der Waals surface area contributed by atoms with Crippen LogP contribution in [0.5, 0.6) is 5.75 Å². The molecule has 22 nitrogen and oxygen atoms in total. The number of hydrogen-bond acceptors (Lipinski definition) is 17. The van der Waals surface area contributed by atoms with Gasteiger partial charge in [0.2, 0.25) is 5.91 Å². The van der Waals surface area contributed by atoms with E-state index < -0.39 is 127 Å². The highest BCUT2D eigenvalue weighted by Crippen LogP contribution is 2.47. The second-order valence-corrected chi connectivity index (χ2v) is 16.5. The third-order valence-electron chi connectivity index (χ3n) is 6.37. The van der Waals surface area contributed by atoms with Gasteiger partial charge in [0.05, 0.1) is 10.6 Å². The van der Waals surface area contributed by atoms with Crippen molar-refractivity contribution in [3.8, 4) is 5.75 Å². The molecule has 8 N–H and O–H groups in total. The first-order valence-electron chi connectivity index (χ1n) is 12.9. The maximum absolute atomic E-state index is 12.5. The van der Waals surface area contributed by atoms with Crippen LogP contribution in [-0.4, -0.2) is 71.3 Å². The number of fused-ring (bicyclic) bond motifs is 1. The monoisotopic (exact) mass is 808 g/mol. The van der Waals surface area contributed by atoms with Crippen LogP contribution in [0.2, 0.25) is 0 Å². The van der Waals surface area contributed by atoms with Crippen molar-refractivity contribution in [1.29, 1.82) is 0 Å². The third kappa shape index (κ3) is 8.49. The average Bonchev–Trinajstić information content (AvgIpc) is 2.97. The molecule has 0 bridgehead atoms. The summed E-state index contributed by atoms with van der Waals surface area (Å²) in [5.41, 5.74) is 1.40. The van der Waals surface area contributed by atoms with E-state index in [1.165, 1.54) is 0 Å². The van der Waals surface area contributed by atoms with Crippen LogP contribution in [0.3, 0.4) is 0 Å². The van der Waals surface area contributed by atoms with Gasteiger partial charge in [0.15, 0.2) is 16.5 Å². The van der Waals surface area contributed by atoms with E-state index in [2.05, 4.69) is 20.5 Å². The van der Waals surface area contributed by atoms with Crippen LogP contribution >= 0.6 is 0 Å². The van der Waals surface area contributed by atoms with Crippen molar-refractivity contribution in [3.63, 3.8) is 0 Å². The minimum Gasteiger partial charge on any atom is -0.505 e. The fourth-order valence-electron chi connectivity index (χ4n) is 4.29. The molecule has 272 valence electrons. The zero-order valence-electron chi connectivity index (χ0n) is 24.8. The SMILES string of the molecule is CC(=O)Nc1cc(S(=O)(=O)O)c(N=Nc2c(S(=O)(=O)O)cc3c(N=Nc4ccc([SH](=O)=O)cc4S(=O)(=O)O)c(N)ccc3c2O)c(S(=O)(=O)O)c1. The molecule has 0 aliphatic rings. The summed E-state index contributed by atoms with van der Waals surface area (Å²) in [4.78, 5) is 5.89. The normalized spacial score (nSPS) is 13.1. The van der Waals surface area contributed by atoms with Crippen molar-refractivity contribution in [3.05, 3.63) is 48.5 Å². The topological polar surface area (TPSA) is 376 Å². The molecule has 0 aliphatic carbocycles. The van der Waals surface area contributed by atoms with Gasteiger partial charge >= 0.3 is 0 Å². The van der Waals surface area contributed by atoms with Crippen LogP contribution in [-0.2, 0) is 56.0 Å². The molecule has 4 aromatic carbocycles. The Balaban J connectivity index is 2.03. The zero-order chi connectivity index (χ0) is 38.4. The number of anilines is 2. The molecule has 27 heteroatoms. The van der Waals surface area contributed by atoms with Crippen molar-refractivity contribution in [2.24, 2.45) is 20.5 Å².